The van der Waals surface area contributed by atoms with Gasteiger partial charge >= 0.3 is 0 Å². The lowest BCUT2D eigenvalue weighted by Gasteiger charge is -2.18. The van der Waals surface area contributed by atoms with Gasteiger partial charge in [-0.1, -0.05) is 23.7 Å². The highest BCUT2D eigenvalue weighted by molar-refractivity contribution is 7.94. The van der Waals surface area contributed by atoms with E-state index in [9.17, 15) is 18.3 Å². The van der Waals surface area contributed by atoms with Crippen LogP contribution >= 0.6 is 22.9 Å². The Morgan fingerprint density at radius 1 is 1.43 bits per heavy atom. The summed E-state index contributed by atoms with van der Waals surface area (Å²) in [5.41, 5.74) is 0.813. The predicted octanol–water partition coefficient (Wildman–Crippen LogP) is 4.88. The Hall–Kier alpha value is -2.49. The lowest BCUT2D eigenvalue weighted by atomic mass is 10.1. The highest BCUT2D eigenvalue weighted by atomic mass is 35.5. The maximum atomic E-state index is 12.7. The number of nitrogens with zero attached hydrogens (tertiary/aromatic N) is 1. The highest BCUT2D eigenvalue weighted by Crippen LogP contribution is 2.40. The second kappa shape index (κ2) is 10.0. The summed E-state index contributed by atoms with van der Waals surface area (Å²) in [5.74, 6) is -0.203. The molecule has 10 heteroatoms. The van der Waals surface area contributed by atoms with Crippen LogP contribution in [0.25, 0.3) is 6.08 Å². The van der Waals surface area contributed by atoms with Crippen molar-refractivity contribution >= 4 is 50.6 Å². The van der Waals surface area contributed by atoms with Gasteiger partial charge in [0.2, 0.25) is 5.91 Å². The zero-order valence-corrected chi connectivity index (χ0v) is 19.4. The Balaban J connectivity index is 2.56. The molecule has 1 heterocycles. The number of phenolic OH excluding ortho intramolecular Hbond substituents is 1. The van der Waals surface area contributed by atoms with Gasteiger partial charge < -0.3 is 9.84 Å². The minimum absolute atomic E-state index is 0.103. The van der Waals surface area contributed by atoms with E-state index >= 15 is 0 Å². The van der Waals surface area contributed by atoms with E-state index in [4.69, 9.17) is 16.3 Å². The van der Waals surface area contributed by atoms with Crippen LogP contribution in [0.5, 0.6) is 11.5 Å². The number of thiophene rings is 1. The fourth-order valence-electron chi connectivity index (χ4n) is 2.58. The van der Waals surface area contributed by atoms with Crippen LogP contribution in [0.2, 0.25) is 0 Å². The van der Waals surface area contributed by atoms with E-state index in [1.165, 1.54) is 36.2 Å². The van der Waals surface area contributed by atoms with E-state index in [0.29, 0.717) is 5.56 Å². The van der Waals surface area contributed by atoms with Crippen LogP contribution in [-0.2, 0) is 14.8 Å². The number of allylic oxidation sites excluding steroid dienone is 1. The molecule has 0 aliphatic carbocycles. The molecule has 2 rings (SSSR count). The van der Waals surface area contributed by atoms with E-state index in [-0.39, 0.29) is 44.6 Å². The van der Waals surface area contributed by atoms with Crippen LogP contribution in [0.4, 0.5) is 5.69 Å². The maximum Gasteiger partial charge on any atom is 0.271 e. The number of amides is 1. The smallest absolute Gasteiger partial charge is 0.271 e. The average molecular weight is 471 g/mol. The Morgan fingerprint density at radius 2 is 2.13 bits per heavy atom. The Labute approximate surface area is 185 Å². The van der Waals surface area contributed by atoms with Gasteiger partial charge in [-0.15, -0.1) is 11.3 Å². The molecule has 1 aromatic carbocycles. The topological polar surface area (TPSA) is 95.9 Å². The van der Waals surface area contributed by atoms with Crippen LogP contribution in [0.15, 0.2) is 45.2 Å². The molecular weight excluding hydrogens is 448 g/mol. The number of carbonyl (C=O) groups excluding carboxylic acids is 1. The van der Waals surface area contributed by atoms with E-state index in [0.717, 1.165) is 11.3 Å². The van der Waals surface area contributed by atoms with Gasteiger partial charge in [0.25, 0.3) is 10.0 Å². The number of nitrogens with one attached hydrogen (secondary N) is 1. The van der Waals surface area contributed by atoms with Crippen LogP contribution < -0.4 is 9.46 Å². The molecule has 0 saturated heterocycles. The molecule has 1 aromatic heterocycles. The van der Waals surface area contributed by atoms with Crippen molar-refractivity contribution in [3.63, 3.8) is 0 Å². The Kier molecular flexibility index (Phi) is 7.94. The largest absolute Gasteiger partial charge is 0.507 e. The molecule has 7 nitrogen and oxygen atoms in total. The Bertz CT molecular complexity index is 1080. The van der Waals surface area contributed by atoms with Gasteiger partial charge in [-0.05, 0) is 44.4 Å². The second-order valence-corrected chi connectivity index (χ2v) is 9.35. The maximum absolute atomic E-state index is 12.7. The van der Waals surface area contributed by atoms with Gasteiger partial charge in [-0.25, -0.2) is 8.42 Å². The first-order valence-electron chi connectivity index (χ1n) is 8.97. The van der Waals surface area contributed by atoms with Crippen molar-refractivity contribution < 1.29 is 23.1 Å². The molecular formula is C20H23ClN2O5S2. The Morgan fingerprint density at radius 3 is 2.67 bits per heavy atom. The molecule has 2 aromatic rings. The summed E-state index contributed by atoms with van der Waals surface area (Å²) >= 11 is 7.13. The van der Waals surface area contributed by atoms with E-state index in [2.05, 4.69) is 4.72 Å². The lowest BCUT2D eigenvalue weighted by molar-refractivity contribution is -0.124. The molecule has 0 fully saturated rings. The zero-order chi connectivity index (χ0) is 22.5. The number of hydrogen-bond acceptors (Lipinski definition) is 6. The number of anilines is 1. The summed E-state index contributed by atoms with van der Waals surface area (Å²) in [7, 11) is -3.83. The number of benzene rings is 1. The molecule has 0 spiro atoms. The standard InChI is InChI=1S/C20H23ClN2O5S2/c1-5-17(21)23(14(4)24)10-9-15-12-16(20(28-6-2)13(3)19(15)25)22-30(26,27)18-8-7-11-29-18/h5,7-12,22,25H,6H2,1-4H3/b10-9+,17-5-. The van der Waals surface area contributed by atoms with Gasteiger partial charge in [0.05, 0.1) is 12.3 Å². The number of ether oxygens (including phenoxy) is 1. The number of aromatic hydroxyl groups is 1. The van der Waals surface area contributed by atoms with Crippen LogP contribution in [0.3, 0.4) is 0 Å². The van der Waals surface area contributed by atoms with Gasteiger partial charge in [-0.3, -0.25) is 14.4 Å². The van der Waals surface area contributed by atoms with Crippen molar-refractivity contribution in [2.45, 2.75) is 31.9 Å². The zero-order valence-electron chi connectivity index (χ0n) is 17.0. The number of sulfonamides is 1. The predicted molar refractivity (Wildman–Crippen MR) is 120 cm³/mol. The summed E-state index contributed by atoms with van der Waals surface area (Å²) in [4.78, 5) is 13.0. The van der Waals surface area contributed by atoms with Crippen molar-refractivity contribution in [1.29, 1.82) is 0 Å². The SMILES string of the molecule is C/C=C(/Cl)N(/C=C/c1cc(NS(=O)(=O)c2cccs2)c(OCC)c(C)c1O)C(C)=O. The van der Waals surface area contributed by atoms with Gasteiger partial charge in [0, 0.05) is 24.3 Å². The number of rotatable bonds is 8. The van der Waals surface area contributed by atoms with Crippen molar-refractivity contribution in [3.05, 3.63) is 52.1 Å². The minimum atomic E-state index is -3.83. The second-order valence-electron chi connectivity index (χ2n) is 6.10. The number of halogens is 1. The molecule has 0 unspecified atom stereocenters. The first-order chi connectivity index (χ1) is 14.1. The highest BCUT2D eigenvalue weighted by Gasteiger charge is 2.21. The lowest BCUT2D eigenvalue weighted by Crippen LogP contribution is -2.19. The van der Waals surface area contributed by atoms with Crippen LogP contribution in [0.1, 0.15) is 31.9 Å². The third kappa shape index (κ3) is 5.35. The molecule has 0 aliphatic rings. The third-order valence-corrected chi connectivity index (χ3v) is 7.18. The molecule has 0 bridgehead atoms. The van der Waals surface area contributed by atoms with E-state index in [1.807, 2.05) is 0 Å². The van der Waals surface area contributed by atoms with Gasteiger partial charge in [-0.2, -0.15) is 0 Å². The summed E-state index contributed by atoms with van der Waals surface area (Å²) in [5, 5.41) is 12.5. The van der Waals surface area contributed by atoms with Crippen molar-refractivity contribution in [2.75, 3.05) is 11.3 Å². The van der Waals surface area contributed by atoms with Crippen LogP contribution in [0, 0.1) is 6.92 Å². The molecule has 162 valence electrons. The number of phenols is 1. The number of carbonyl (C=O) groups is 1. The van der Waals surface area contributed by atoms with Crippen molar-refractivity contribution in [3.8, 4) is 11.5 Å². The number of hydrogen-bond donors (Lipinski definition) is 2. The van der Waals surface area contributed by atoms with Crippen molar-refractivity contribution in [2.24, 2.45) is 0 Å². The molecule has 0 atom stereocenters. The first-order valence-corrected chi connectivity index (χ1v) is 11.7. The normalized spacial score (nSPS) is 12.2. The minimum Gasteiger partial charge on any atom is -0.507 e. The molecule has 30 heavy (non-hydrogen) atoms. The summed E-state index contributed by atoms with van der Waals surface area (Å²) in [6, 6.07) is 4.57. The summed E-state index contributed by atoms with van der Waals surface area (Å²) < 4.78 is 33.6. The third-order valence-electron chi connectivity index (χ3n) is 4.02. The molecule has 2 N–H and O–H groups in total. The van der Waals surface area contributed by atoms with Crippen molar-refractivity contribution in [1.82, 2.24) is 4.90 Å². The summed E-state index contributed by atoms with van der Waals surface area (Å²) in [6.45, 7) is 6.67. The summed E-state index contributed by atoms with van der Waals surface area (Å²) in [6.07, 6.45) is 4.42. The fraction of sp³-hybridized carbons (Fsp3) is 0.250. The average Bonchev–Trinajstić information content (AvgIpc) is 3.24. The molecule has 0 aliphatic heterocycles. The monoisotopic (exact) mass is 470 g/mol. The molecule has 0 radical (unpaired) electrons. The quantitative estimate of drug-likeness (QED) is 0.423. The molecule has 1 amide bonds. The van der Waals surface area contributed by atoms with Gasteiger partial charge in [0.1, 0.15) is 20.9 Å². The van der Waals surface area contributed by atoms with E-state index < -0.39 is 10.0 Å². The van der Waals surface area contributed by atoms with E-state index in [1.54, 1.807) is 38.3 Å². The van der Waals surface area contributed by atoms with Gasteiger partial charge in [0.15, 0.2) is 0 Å². The fourth-order valence-corrected chi connectivity index (χ4v) is 4.80. The van der Waals surface area contributed by atoms with Crippen LogP contribution in [-0.4, -0.2) is 30.9 Å². The first kappa shape index (κ1) is 23.8. The molecule has 0 saturated carbocycles.